The number of hydrogen-bond acceptors (Lipinski definition) is 4. The molecule has 21 heavy (non-hydrogen) atoms. The van der Waals surface area contributed by atoms with Gasteiger partial charge in [0.2, 0.25) is 10.0 Å². The molecule has 6 heteroatoms. The normalized spacial score (nSPS) is 11.0. The van der Waals surface area contributed by atoms with E-state index in [9.17, 15) is 8.42 Å². The Labute approximate surface area is 124 Å². The highest BCUT2D eigenvalue weighted by Crippen LogP contribution is 2.12. The molecule has 2 aromatic rings. The summed E-state index contributed by atoms with van der Waals surface area (Å²) in [4.78, 5) is 3.98. The highest BCUT2D eigenvalue weighted by molar-refractivity contribution is 7.88. The van der Waals surface area contributed by atoms with Gasteiger partial charge >= 0.3 is 0 Å². The molecule has 0 saturated carbocycles. The van der Waals surface area contributed by atoms with Crippen molar-refractivity contribution in [1.82, 2.24) is 9.71 Å². The summed E-state index contributed by atoms with van der Waals surface area (Å²) in [6.45, 7) is 2.09. The van der Waals surface area contributed by atoms with Crippen LogP contribution in [0.25, 0.3) is 0 Å². The van der Waals surface area contributed by atoms with Gasteiger partial charge in [0.05, 0.1) is 17.4 Å². The average molecular weight is 301 g/mol. The lowest BCUT2D eigenvalue weighted by Crippen LogP contribution is -2.25. The van der Waals surface area contributed by atoms with Gasteiger partial charge in [0.25, 0.3) is 0 Å². The van der Waals surface area contributed by atoms with Crippen LogP contribution in [-0.4, -0.2) is 13.4 Å². The van der Waals surface area contributed by atoms with Gasteiger partial charge < -0.3 is 0 Å². The van der Waals surface area contributed by atoms with Gasteiger partial charge in [-0.25, -0.2) is 13.1 Å². The highest BCUT2D eigenvalue weighted by Gasteiger charge is 2.14. The van der Waals surface area contributed by atoms with E-state index in [2.05, 4.69) is 9.71 Å². The van der Waals surface area contributed by atoms with Gasteiger partial charge in [0.1, 0.15) is 0 Å². The molecule has 1 aromatic carbocycles. The zero-order valence-electron chi connectivity index (χ0n) is 11.6. The van der Waals surface area contributed by atoms with Crippen LogP contribution in [0, 0.1) is 18.3 Å². The zero-order valence-corrected chi connectivity index (χ0v) is 12.4. The van der Waals surface area contributed by atoms with E-state index in [4.69, 9.17) is 5.26 Å². The molecule has 0 saturated heterocycles. The Morgan fingerprint density at radius 3 is 2.71 bits per heavy atom. The quantitative estimate of drug-likeness (QED) is 0.914. The Kier molecular flexibility index (Phi) is 4.68. The van der Waals surface area contributed by atoms with E-state index in [0.717, 1.165) is 11.1 Å². The van der Waals surface area contributed by atoms with Gasteiger partial charge in [-0.15, -0.1) is 0 Å². The molecule has 0 amide bonds. The molecule has 5 nitrogen and oxygen atoms in total. The van der Waals surface area contributed by atoms with E-state index in [1.54, 1.807) is 36.7 Å². The molecule has 0 aliphatic carbocycles. The lowest BCUT2D eigenvalue weighted by Gasteiger charge is -2.09. The maximum atomic E-state index is 12.1. The summed E-state index contributed by atoms with van der Waals surface area (Å²) in [5.74, 6) is -0.212. The summed E-state index contributed by atoms with van der Waals surface area (Å²) in [5.41, 5.74) is 2.68. The molecule has 0 spiro atoms. The first kappa shape index (κ1) is 15.2. The van der Waals surface area contributed by atoms with Crippen LogP contribution in [-0.2, 0) is 22.3 Å². The molecule has 2 rings (SSSR count). The van der Waals surface area contributed by atoms with Gasteiger partial charge in [-0.05, 0) is 35.7 Å². The number of hydrogen-bond donors (Lipinski definition) is 1. The third-order valence-electron chi connectivity index (χ3n) is 3.11. The fourth-order valence-electron chi connectivity index (χ4n) is 1.88. The fraction of sp³-hybridized carbons (Fsp3) is 0.200. The van der Waals surface area contributed by atoms with E-state index < -0.39 is 10.0 Å². The Morgan fingerprint density at radius 1 is 1.24 bits per heavy atom. The number of rotatable bonds is 5. The summed E-state index contributed by atoms with van der Waals surface area (Å²) in [6.07, 6.45) is 3.30. The van der Waals surface area contributed by atoms with Crippen molar-refractivity contribution in [3.8, 4) is 6.07 Å². The Bertz CT molecular complexity index is 780. The molecule has 0 fully saturated rings. The van der Waals surface area contributed by atoms with Crippen LogP contribution < -0.4 is 4.72 Å². The number of pyridine rings is 1. The predicted octanol–water partition coefficient (Wildman–Crippen LogP) is 1.88. The minimum Gasteiger partial charge on any atom is -0.264 e. The molecule has 1 N–H and O–H groups in total. The minimum atomic E-state index is -3.51. The minimum absolute atomic E-state index is 0.191. The Morgan fingerprint density at radius 2 is 2.00 bits per heavy atom. The van der Waals surface area contributed by atoms with E-state index in [-0.39, 0.29) is 12.3 Å². The first-order chi connectivity index (χ1) is 10.0. The van der Waals surface area contributed by atoms with Crippen molar-refractivity contribution in [2.75, 3.05) is 0 Å². The third-order valence-corrected chi connectivity index (χ3v) is 4.39. The first-order valence-electron chi connectivity index (χ1n) is 6.36. The van der Waals surface area contributed by atoms with Crippen LogP contribution in [0.2, 0.25) is 0 Å². The number of nitrogens with zero attached hydrogens (tertiary/aromatic N) is 2. The average Bonchev–Trinajstić information content (AvgIpc) is 2.47. The van der Waals surface area contributed by atoms with E-state index in [0.29, 0.717) is 11.1 Å². The number of nitriles is 1. The van der Waals surface area contributed by atoms with E-state index >= 15 is 0 Å². The molecule has 1 heterocycles. The van der Waals surface area contributed by atoms with Gasteiger partial charge in [0.15, 0.2) is 0 Å². The monoisotopic (exact) mass is 301 g/mol. The number of aromatic nitrogens is 1. The second-order valence-corrected chi connectivity index (χ2v) is 6.46. The largest absolute Gasteiger partial charge is 0.264 e. The fourth-order valence-corrected chi connectivity index (χ4v) is 3.02. The molecular formula is C15H15N3O2S. The molecule has 0 atom stereocenters. The Balaban J connectivity index is 2.10. The number of benzene rings is 1. The van der Waals surface area contributed by atoms with Crippen molar-refractivity contribution in [2.24, 2.45) is 0 Å². The number of sulfonamides is 1. The summed E-state index contributed by atoms with van der Waals surface area (Å²) < 4.78 is 26.8. The SMILES string of the molecule is Cc1ccncc1CNS(=O)(=O)Cc1ccccc1C#N. The van der Waals surface area contributed by atoms with Crippen molar-refractivity contribution in [2.45, 2.75) is 19.2 Å². The molecule has 108 valence electrons. The van der Waals surface area contributed by atoms with Crippen molar-refractivity contribution in [3.63, 3.8) is 0 Å². The standard InChI is InChI=1S/C15H15N3O2S/c1-12-6-7-17-9-15(12)10-18-21(19,20)11-14-5-3-2-4-13(14)8-16/h2-7,9,18H,10-11H2,1H3. The number of nitrogens with one attached hydrogen (secondary N) is 1. The second kappa shape index (κ2) is 6.48. The van der Waals surface area contributed by atoms with Crippen molar-refractivity contribution in [3.05, 3.63) is 65.0 Å². The van der Waals surface area contributed by atoms with Crippen LogP contribution >= 0.6 is 0 Å². The summed E-state index contributed by atoms with van der Waals surface area (Å²) in [7, 11) is -3.51. The smallest absolute Gasteiger partial charge is 0.216 e. The third kappa shape index (κ3) is 4.12. The second-order valence-electron chi connectivity index (χ2n) is 4.65. The zero-order chi connectivity index (χ0) is 15.3. The molecule has 0 aliphatic heterocycles. The van der Waals surface area contributed by atoms with Gasteiger partial charge in [-0.3, -0.25) is 4.98 Å². The van der Waals surface area contributed by atoms with E-state index in [1.165, 1.54) is 0 Å². The summed E-state index contributed by atoms with van der Waals surface area (Å²) in [6, 6.07) is 10.5. The van der Waals surface area contributed by atoms with Gasteiger partial charge in [0, 0.05) is 18.9 Å². The lowest BCUT2D eigenvalue weighted by atomic mass is 10.1. The van der Waals surface area contributed by atoms with Crippen molar-refractivity contribution < 1.29 is 8.42 Å². The summed E-state index contributed by atoms with van der Waals surface area (Å²) >= 11 is 0. The van der Waals surface area contributed by atoms with Crippen molar-refractivity contribution in [1.29, 1.82) is 5.26 Å². The van der Waals surface area contributed by atoms with Crippen LogP contribution in [0.5, 0.6) is 0 Å². The molecule has 0 unspecified atom stereocenters. The highest BCUT2D eigenvalue weighted by atomic mass is 32.2. The maximum absolute atomic E-state index is 12.1. The van der Waals surface area contributed by atoms with Crippen LogP contribution in [0.1, 0.15) is 22.3 Å². The van der Waals surface area contributed by atoms with Crippen LogP contribution in [0.15, 0.2) is 42.7 Å². The molecule has 0 bridgehead atoms. The van der Waals surface area contributed by atoms with Crippen LogP contribution in [0.3, 0.4) is 0 Å². The first-order valence-corrected chi connectivity index (χ1v) is 8.02. The molecule has 0 radical (unpaired) electrons. The molecule has 1 aromatic heterocycles. The van der Waals surface area contributed by atoms with E-state index in [1.807, 2.05) is 19.1 Å². The lowest BCUT2D eigenvalue weighted by molar-refractivity contribution is 0.580. The van der Waals surface area contributed by atoms with Gasteiger partial charge in [-0.2, -0.15) is 5.26 Å². The molecular weight excluding hydrogens is 286 g/mol. The topological polar surface area (TPSA) is 82.8 Å². The molecule has 0 aliphatic rings. The maximum Gasteiger partial charge on any atom is 0.216 e. The predicted molar refractivity (Wildman–Crippen MR) is 79.6 cm³/mol. The van der Waals surface area contributed by atoms with Crippen LogP contribution in [0.4, 0.5) is 0 Å². The van der Waals surface area contributed by atoms with Crippen molar-refractivity contribution >= 4 is 10.0 Å². The number of aryl methyl sites for hydroxylation is 1. The Hall–Kier alpha value is -2.23. The van der Waals surface area contributed by atoms with Gasteiger partial charge in [-0.1, -0.05) is 18.2 Å². The summed E-state index contributed by atoms with van der Waals surface area (Å²) in [5, 5.41) is 8.99.